The van der Waals surface area contributed by atoms with Gasteiger partial charge in [-0.25, -0.2) is 22.3 Å². The summed E-state index contributed by atoms with van der Waals surface area (Å²) in [5, 5.41) is 9.29. The fourth-order valence-electron chi connectivity index (χ4n) is 3.03. The Labute approximate surface area is 180 Å². The molecule has 8 nitrogen and oxygen atoms in total. The summed E-state index contributed by atoms with van der Waals surface area (Å²) < 4.78 is 54.1. The van der Waals surface area contributed by atoms with Crippen LogP contribution in [0.1, 0.15) is 5.56 Å². The zero-order valence-electron chi connectivity index (χ0n) is 16.2. The van der Waals surface area contributed by atoms with Gasteiger partial charge in [0.25, 0.3) is 26.0 Å². The molecule has 0 aromatic heterocycles. The summed E-state index contributed by atoms with van der Waals surface area (Å²) in [5.74, 6) is -1.18. The fraction of sp³-hybridized carbons (Fsp3) is 0.0952. The Balaban J connectivity index is 2.24. The van der Waals surface area contributed by atoms with Gasteiger partial charge in [0.15, 0.2) is 0 Å². The van der Waals surface area contributed by atoms with Crippen LogP contribution in [0.4, 0.5) is 0 Å². The molecule has 1 atom stereocenters. The third-order valence-corrected chi connectivity index (χ3v) is 8.86. The van der Waals surface area contributed by atoms with Crippen molar-refractivity contribution in [2.75, 3.05) is 0 Å². The zero-order chi connectivity index (χ0) is 22.5. The van der Waals surface area contributed by atoms with Crippen molar-refractivity contribution in [1.29, 1.82) is 0 Å². The number of nitrogens with zero attached hydrogens (tertiary/aromatic N) is 1. The van der Waals surface area contributed by atoms with Crippen LogP contribution < -0.4 is 5.48 Å². The molecule has 0 heterocycles. The van der Waals surface area contributed by atoms with Gasteiger partial charge in [-0.2, -0.15) is 0 Å². The predicted molar refractivity (Wildman–Crippen MR) is 113 cm³/mol. The fourth-order valence-corrected chi connectivity index (χ4v) is 7.01. The summed E-state index contributed by atoms with van der Waals surface area (Å²) in [5.41, 5.74) is 1.91. The Kier molecular flexibility index (Phi) is 6.86. The zero-order valence-corrected chi connectivity index (χ0v) is 17.8. The van der Waals surface area contributed by atoms with Crippen molar-refractivity contribution < 1.29 is 26.8 Å². The molecular weight excluding hydrogens is 440 g/mol. The molecule has 0 aliphatic carbocycles. The Morgan fingerprint density at radius 1 is 0.742 bits per heavy atom. The topological polar surface area (TPSA) is 121 Å². The van der Waals surface area contributed by atoms with E-state index < -0.39 is 32.0 Å². The second-order valence-electron chi connectivity index (χ2n) is 6.54. The van der Waals surface area contributed by atoms with Gasteiger partial charge in [-0.1, -0.05) is 70.4 Å². The molecule has 3 aromatic rings. The summed E-state index contributed by atoms with van der Waals surface area (Å²) in [6, 6.07) is 20.4. The number of carbonyl (C=O) groups is 1. The van der Waals surface area contributed by atoms with Crippen molar-refractivity contribution in [2.24, 2.45) is 0 Å². The van der Waals surface area contributed by atoms with Gasteiger partial charge in [-0.3, -0.25) is 10.0 Å². The van der Waals surface area contributed by atoms with Crippen LogP contribution in [0.2, 0.25) is 0 Å². The van der Waals surface area contributed by atoms with Crippen molar-refractivity contribution in [3.63, 3.8) is 0 Å². The first kappa shape index (κ1) is 22.6. The van der Waals surface area contributed by atoms with E-state index in [4.69, 9.17) is 0 Å². The van der Waals surface area contributed by atoms with Gasteiger partial charge in [0.1, 0.15) is 6.04 Å². The molecule has 0 saturated heterocycles. The van der Waals surface area contributed by atoms with Crippen molar-refractivity contribution in [2.45, 2.75) is 22.3 Å². The van der Waals surface area contributed by atoms with Crippen LogP contribution in [0, 0.1) is 0 Å². The van der Waals surface area contributed by atoms with E-state index in [1.54, 1.807) is 42.5 Å². The van der Waals surface area contributed by atoms with E-state index in [0.717, 1.165) is 0 Å². The molecule has 3 rings (SSSR count). The van der Waals surface area contributed by atoms with Crippen LogP contribution in [0.5, 0.6) is 0 Å². The first-order chi connectivity index (χ1) is 14.8. The summed E-state index contributed by atoms with van der Waals surface area (Å²) >= 11 is 0. The molecule has 0 unspecified atom stereocenters. The second-order valence-corrected chi connectivity index (χ2v) is 10.4. The number of rotatable bonds is 8. The maximum absolute atomic E-state index is 13.5. The van der Waals surface area contributed by atoms with Gasteiger partial charge in [0.05, 0.1) is 9.79 Å². The molecule has 10 heteroatoms. The van der Waals surface area contributed by atoms with Crippen molar-refractivity contribution in [1.82, 2.24) is 9.19 Å². The lowest BCUT2D eigenvalue weighted by Crippen LogP contribution is -2.52. The van der Waals surface area contributed by atoms with E-state index in [0.29, 0.717) is 5.56 Å². The highest BCUT2D eigenvalue weighted by Crippen LogP contribution is 2.28. The first-order valence-corrected chi connectivity index (χ1v) is 12.0. The van der Waals surface area contributed by atoms with Crippen LogP contribution >= 0.6 is 0 Å². The standard InChI is InChI=1S/C21H20N2O6S2/c24-21(22-25)20(16-17-10-4-1-5-11-17)23(30(26,27)18-12-6-2-7-13-18)31(28,29)19-14-8-3-9-15-19/h1-15,20,25H,16H2,(H,22,24)/t20-/m0/s1. The highest BCUT2D eigenvalue weighted by molar-refractivity contribution is 8.04. The Morgan fingerprint density at radius 3 is 1.52 bits per heavy atom. The number of hydrogen-bond acceptors (Lipinski definition) is 6. The van der Waals surface area contributed by atoms with E-state index >= 15 is 0 Å². The highest BCUT2D eigenvalue weighted by atomic mass is 32.3. The molecule has 31 heavy (non-hydrogen) atoms. The molecule has 0 saturated carbocycles. The van der Waals surface area contributed by atoms with E-state index in [1.165, 1.54) is 54.0 Å². The molecule has 1 amide bonds. The van der Waals surface area contributed by atoms with Gasteiger partial charge < -0.3 is 0 Å². The Hall–Kier alpha value is -3.05. The summed E-state index contributed by atoms with van der Waals surface area (Å²) in [6.45, 7) is 0. The van der Waals surface area contributed by atoms with Crippen LogP contribution in [-0.4, -0.2) is 37.7 Å². The number of hydrogen-bond donors (Lipinski definition) is 2. The predicted octanol–water partition coefficient (Wildman–Crippen LogP) is 2.18. The molecule has 162 valence electrons. The first-order valence-electron chi connectivity index (χ1n) is 9.16. The molecule has 0 aliphatic rings. The van der Waals surface area contributed by atoms with E-state index in [-0.39, 0.29) is 19.9 Å². The Bertz CT molecular complexity index is 1160. The number of hydroxylamine groups is 1. The maximum Gasteiger partial charge on any atom is 0.263 e. The van der Waals surface area contributed by atoms with Gasteiger partial charge in [0, 0.05) is 0 Å². The van der Waals surface area contributed by atoms with Crippen LogP contribution in [0.25, 0.3) is 0 Å². The van der Waals surface area contributed by atoms with Gasteiger partial charge in [0.2, 0.25) is 0 Å². The van der Waals surface area contributed by atoms with Gasteiger partial charge in [-0.15, -0.1) is 0 Å². The third-order valence-electron chi connectivity index (χ3n) is 4.50. The maximum atomic E-state index is 13.5. The van der Waals surface area contributed by atoms with Crippen molar-refractivity contribution >= 4 is 26.0 Å². The van der Waals surface area contributed by atoms with Crippen molar-refractivity contribution in [3.8, 4) is 0 Å². The normalized spacial score (nSPS) is 13.0. The van der Waals surface area contributed by atoms with Crippen molar-refractivity contribution in [3.05, 3.63) is 96.6 Å². The number of benzene rings is 3. The van der Waals surface area contributed by atoms with Crippen LogP contribution in [0.15, 0.2) is 101 Å². The van der Waals surface area contributed by atoms with Crippen LogP contribution in [0.3, 0.4) is 0 Å². The lowest BCUT2D eigenvalue weighted by molar-refractivity contribution is -0.132. The van der Waals surface area contributed by atoms with E-state index in [9.17, 15) is 26.8 Å². The molecule has 0 bridgehead atoms. The number of carbonyl (C=O) groups excluding carboxylic acids is 1. The molecule has 0 radical (unpaired) electrons. The summed E-state index contributed by atoms with van der Waals surface area (Å²) in [6.07, 6.45) is -0.286. The number of sulfonamides is 2. The SMILES string of the molecule is O=C(NO)[C@H](Cc1ccccc1)N(S(=O)(=O)c1ccccc1)S(=O)(=O)c1ccccc1. The molecule has 0 fully saturated rings. The molecule has 3 aromatic carbocycles. The minimum Gasteiger partial charge on any atom is -0.289 e. The smallest absolute Gasteiger partial charge is 0.263 e. The molecular formula is C21H20N2O6S2. The third kappa shape index (κ3) is 4.83. The average molecular weight is 461 g/mol. The minimum absolute atomic E-state index is 0.170. The van der Waals surface area contributed by atoms with Gasteiger partial charge in [-0.05, 0) is 36.2 Å². The number of nitrogens with one attached hydrogen (secondary N) is 1. The molecule has 2 N–H and O–H groups in total. The minimum atomic E-state index is -4.71. The monoisotopic (exact) mass is 460 g/mol. The second kappa shape index (κ2) is 9.40. The highest BCUT2D eigenvalue weighted by Gasteiger charge is 2.45. The summed E-state index contributed by atoms with van der Waals surface area (Å²) in [4.78, 5) is 12.0. The summed E-state index contributed by atoms with van der Waals surface area (Å²) in [7, 11) is -9.42. The van der Waals surface area contributed by atoms with Crippen LogP contribution in [-0.2, 0) is 31.3 Å². The molecule has 0 spiro atoms. The quantitative estimate of drug-likeness (QED) is 0.393. The number of amides is 1. The Morgan fingerprint density at radius 2 is 1.13 bits per heavy atom. The lowest BCUT2D eigenvalue weighted by Gasteiger charge is -2.29. The average Bonchev–Trinajstić information content (AvgIpc) is 2.79. The lowest BCUT2D eigenvalue weighted by atomic mass is 10.1. The van der Waals surface area contributed by atoms with Gasteiger partial charge >= 0.3 is 0 Å². The van der Waals surface area contributed by atoms with E-state index in [2.05, 4.69) is 0 Å². The molecule has 0 aliphatic heterocycles. The largest absolute Gasteiger partial charge is 0.289 e. The van der Waals surface area contributed by atoms with E-state index in [1.807, 2.05) is 0 Å².